The van der Waals surface area contributed by atoms with Gasteiger partial charge in [-0.3, -0.25) is 0 Å². The summed E-state index contributed by atoms with van der Waals surface area (Å²) in [6.07, 6.45) is 22.0. The second kappa shape index (κ2) is 8.07. The number of allylic oxidation sites excluding steroid dienone is 11. The number of hydrogen-bond donors (Lipinski definition) is 0. The standard InChI is InChI=1S/C15H19P/c1-3-4-5-8-11-14(2)16-15-12-9-6-7-10-13-15/h3-12,14,16H,1,13H2,2H3/b5-4-,11-8-. The zero-order chi connectivity index (χ0) is 11.6. The van der Waals surface area contributed by atoms with E-state index in [9.17, 15) is 0 Å². The van der Waals surface area contributed by atoms with E-state index in [1.54, 1.807) is 6.08 Å². The van der Waals surface area contributed by atoms with Gasteiger partial charge in [-0.15, -0.1) is 0 Å². The molecule has 0 heterocycles. The van der Waals surface area contributed by atoms with Crippen LogP contribution in [0.15, 0.2) is 72.7 Å². The lowest BCUT2D eigenvalue weighted by Crippen LogP contribution is -1.87. The Labute approximate surface area is 101 Å². The van der Waals surface area contributed by atoms with E-state index < -0.39 is 0 Å². The molecule has 0 fully saturated rings. The van der Waals surface area contributed by atoms with E-state index in [4.69, 9.17) is 0 Å². The molecule has 0 radical (unpaired) electrons. The van der Waals surface area contributed by atoms with Crippen molar-refractivity contribution in [3.8, 4) is 0 Å². The van der Waals surface area contributed by atoms with Crippen molar-refractivity contribution < 1.29 is 0 Å². The van der Waals surface area contributed by atoms with Gasteiger partial charge in [0.05, 0.1) is 0 Å². The predicted molar refractivity (Wildman–Crippen MR) is 77.2 cm³/mol. The molecule has 0 spiro atoms. The molecule has 0 aromatic heterocycles. The van der Waals surface area contributed by atoms with Crippen molar-refractivity contribution in [2.75, 3.05) is 0 Å². The van der Waals surface area contributed by atoms with Gasteiger partial charge in [-0.2, -0.15) is 0 Å². The topological polar surface area (TPSA) is 0 Å². The van der Waals surface area contributed by atoms with Crippen LogP contribution in [0.1, 0.15) is 13.3 Å². The third-order valence-electron chi connectivity index (χ3n) is 2.16. The average Bonchev–Trinajstić information content (AvgIpc) is 2.53. The quantitative estimate of drug-likeness (QED) is 0.472. The van der Waals surface area contributed by atoms with E-state index in [1.807, 2.05) is 12.2 Å². The summed E-state index contributed by atoms with van der Waals surface area (Å²) in [5, 5.41) is 1.52. The molecule has 2 unspecified atom stereocenters. The first-order chi connectivity index (χ1) is 7.83. The van der Waals surface area contributed by atoms with Crippen LogP contribution in [0, 0.1) is 0 Å². The fourth-order valence-electron chi connectivity index (χ4n) is 1.40. The molecule has 0 amide bonds. The minimum Gasteiger partial charge on any atom is -0.0991 e. The molecule has 0 aromatic rings. The molecule has 1 aliphatic rings. The van der Waals surface area contributed by atoms with Crippen molar-refractivity contribution in [2.45, 2.75) is 19.0 Å². The van der Waals surface area contributed by atoms with Crippen molar-refractivity contribution in [3.63, 3.8) is 0 Å². The first-order valence-corrected chi connectivity index (χ1v) is 6.65. The zero-order valence-electron chi connectivity index (χ0n) is 9.77. The monoisotopic (exact) mass is 230 g/mol. The SMILES string of the molecule is C=C/C=C\C=C/C(C)PC1=CC=CC=CC1. The van der Waals surface area contributed by atoms with Gasteiger partial charge in [-0.25, -0.2) is 0 Å². The molecule has 0 aromatic carbocycles. The normalized spacial score (nSPS) is 18.4. The maximum Gasteiger partial charge on any atom is -0.00450 e. The Morgan fingerprint density at radius 2 is 2.12 bits per heavy atom. The van der Waals surface area contributed by atoms with Gasteiger partial charge < -0.3 is 0 Å². The predicted octanol–water partition coefficient (Wildman–Crippen LogP) is 4.75. The van der Waals surface area contributed by atoms with Gasteiger partial charge in [0.25, 0.3) is 0 Å². The van der Waals surface area contributed by atoms with Gasteiger partial charge >= 0.3 is 0 Å². The highest BCUT2D eigenvalue weighted by Crippen LogP contribution is 2.33. The molecule has 16 heavy (non-hydrogen) atoms. The molecule has 0 N–H and O–H groups in total. The Balaban J connectivity index is 2.41. The van der Waals surface area contributed by atoms with E-state index >= 15 is 0 Å². The molecule has 0 nitrogen and oxygen atoms in total. The first kappa shape index (κ1) is 12.9. The third-order valence-corrected chi connectivity index (χ3v) is 3.55. The highest BCUT2D eigenvalue weighted by atomic mass is 31.1. The number of rotatable bonds is 5. The lowest BCUT2D eigenvalue weighted by Gasteiger charge is -2.08. The fraction of sp³-hybridized carbons (Fsp3) is 0.200. The van der Waals surface area contributed by atoms with Gasteiger partial charge in [0.15, 0.2) is 0 Å². The summed E-state index contributed by atoms with van der Waals surface area (Å²) in [5.41, 5.74) is 0.612. The lowest BCUT2D eigenvalue weighted by molar-refractivity contribution is 1.22. The van der Waals surface area contributed by atoms with Crippen molar-refractivity contribution >= 4 is 8.58 Å². The second-order valence-corrected chi connectivity index (χ2v) is 5.49. The summed E-state index contributed by atoms with van der Waals surface area (Å²) < 4.78 is 0. The van der Waals surface area contributed by atoms with Crippen molar-refractivity contribution in [3.05, 3.63) is 72.7 Å². The zero-order valence-corrected chi connectivity index (χ0v) is 10.8. The average molecular weight is 230 g/mol. The maximum atomic E-state index is 3.64. The van der Waals surface area contributed by atoms with Gasteiger partial charge in [0, 0.05) is 0 Å². The smallest absolute Gasteiger partial charge is 0.00450 e. The van der Waals surface area contributed by atoms with Crippen LogP contribution < -0.4 is 0 Å². The van der Waals surface area contributed by atoms with Crippen LogP contribution in [0.2, 0.25) is 0 Å². The molecule has 0 saturated heterocycles. The van der Waals surface area contributed by atoms with E-state index in [-0.39, 0.29) is 0 Å². The van der Waals surface area contributed by atoms with Gasteiger partial charge in [0.2, 0.25) is 0 Å². The third kappa shape index (κ3) is 5.68. The lowest BCUT2D eigenvalue weighted by atomic mass is 10.3. The Morgan fingerprint density at radius 1 is 1.25 bits per heavy atom. The van der Waals surface area contributed by atoms with E-state index in [2.05, 4.69) is 56.0 Å². The van der Waals surface area contributed by atoms with Crippen LogP contribution in [0.25, 0.3) is 0 Å². The second-order valence-electron chi connectivity index (χ2n) is 3.65. The molecule has 2 atom stereocenters. The van der Waals surface area contributed by atoms with Crippen LogP contribution >= 0.6 is 8.58 Å². The molecule has 1 heteroatoms. The fourth-order valence-corrected chi connectivity index (χ4v) is 2.62. The number of hydrogen-bond acceptors (Lipinski definition) is 0. The van der Waals surface area contributed by atoms with Gasteiger partial charge in [0.1, 0.15) is 0 Å². The van der Waals surface area contributed by atoms with E-state index in [1.165, 1.54) is 5.31 Å². The molecule has 84 valence electrons. The largest absolute Gasteiger partial charge is 0.0991 e. The summed E-state index contributed by atoms with van der Waals surface area (Å²) in [6.45, 7) is 5.90. The Kier molecular flexibility index (Phi) is 6.53. The summed E-state index contributed by atoms with van der Waals surface area (Å²) in [4.78, 5) is 0. The molecule has 0 bridgehead atoms. The summed E-state index contributed by atoms with van der Waals surface area (Å²) in [5.74, 6) is 0. The molecular weight excluding hydrogens is 211 g/mol. The molecule has 1 rings (SSSR count). The van der Waals surface area contributed by atoms with Crippen molar-refractivity contribution in [1.29, 1.82) is 0 Å². The van der Waals surface area contributed by atoms with Gasteiger partial charge in [-0.05, 0) is 17.4 Å². The minimum atomic E-state index is 0.612. The summed E-state index contributed by atoms with van der Waals surface area (Å²) >= 11 is 0. The van der Waals surface area contributed by atoms with Crippen LogP contribution in [0.3, 0.4) is 0 Å². The Bertz CT molecular complexity index is 354. The molecular formula is C15H19P. The first-order valence-electron chi connectivity index (χ1n) is 5.57. The Hall–Kier alpha value is -1.13. The van der Waals surface area contributed by atoms with Crippen molar-refractivity contribution in [2.24, 2.45) is 0 Å². The van der Waals surface area contributed by atoms with E-state index in [0.717, 1.165) is 15.0 Å². The van der Waals surface area contributed by atoms with Crippen LogP contribution in [0.4, 0.5) is 0 Å². The van der Waals surface area contributed by atoms with Crippen LogP contribution in [-0.4, -0.2) is 5.66 Å². The molecule has 1 aliphatic carbocycles. The maximum absolute atomic E-state index is 3.64. The van der Waals surface area contributed by atoms with Crippen LogP contribution in [0.5, 0.6) is 0 Å². The highest BCUT2D eigenvalue weighted by molar-refractivity contribution is 7.44. The summed E-state index contributed by atoms with van der Waals surface area (Å²) in [7, 11) is 0.875. The summed E-state index contributed by atoms with van der Waals surface area (Å²) in [6, 6.07) is 0. The molecule has 0 aliphatic heterocycles. The van der Waals surface area contributed by atoms with Crippen molar-refractivity contribution in [1.82, 2.24) is 0 Å². The van der Waals surface area contributed by atoms with Crippen LogP contribution in [-0.2, 0) is 0 Å². The minimum absolute atomic E-state index is 0.612. The Morgan fingerprint density at radius 3 is 2.94 bits per heavy atom. The highest BCUT2D eigenvalue weighted by Gasteiger charge is 2.01. The van der Waals surface area contributed by atoms with Gasteiger partial charge in [-0.1, -0.05) is 82.8 Å². The van der Waals surface area contributed by atoms with E-state index in [0.29, 0.717) is 5.66 Å². The molecule has 0 saturated carbocycles.